The second kappa shape index (κ2) is 5.68. The van der Waals surface area contributed by atoms with E-state index >= 15 is 0 Å². The van der Waals surface area contributed by atoms with Gasteiger partial charge in [0.05, 0.1) is 13.7 Å². The highest BCUT2D eigenvalue weighted by Crippen LogP contribution is 2.34. The van der Waals surface area contributed by atoms with E-state index in [1.165, 1.54) is 11.4 Å². The second-order valence-electron chi connectivity index (χ2n) is 5.98. The lowest BCUT2D eigenvalue weighted by atomic mass is 9.93. The SMILES string of the molecule is COc1ccc(C)cc1S(=O)(=O)N1CCC2(CC1)CNC(=O)O2. The Morgan fingerprint density at radius 2 is 2.00 bits per heavy atom. The third kappa shape index (κ3) is 2.88. The number of hydrogen-bond donors (Lipinski definition) is 1. The van der Waals surface area contributed by atoms with Crippen molar-refractivity contribution in [2.75, 3.05) is 26.7 Å². The summed E-state index contributed by atoms with van der Waals surface area (Å²) in [5.74, 6) is 0.338. The van der Waals surface area contributed by atoms with Gasteiger partial charge in [-0.15, -0.1) is 0 Å². The molecule has 2 heterocycles. The molecule has 1 amide bonds. The van der Waals surface area contributed by atoms with Crippen LogP contribution in [0.5, 0.6) is 5.75 Å². The summed E-state index contributed by atoms with van der Waals surface area (Å²) in [6.07, 6.45) is 0.541. The molecule has 0 aliphatic carbocycles. The van der Waals surface area contributed by atoms with Gasteiger partial charge in [0.2, 0.25) is 10.0 Å². The number of nitrogens with one attached hydrogen (secondary N) is 1. The molecule has 1 N–H and O–H groups in total. The van der Waals surface area contributed by atoms with Gasteiger partial charge in [-0.05, 0) is 24.6 Å². The molecule has 23 heavy (non-hydrogen) atoms. The molecule has 1 spiro atoms. The number of benzene rings is 1. The zero-order chi connectivity index (χ0) is 16.7. The van der Waals surface area contributed by atoms with Gasteiger partial charge in [-0.25, -0.2) is 13.2 Å². The summed E-state index contributed by atoms with van der Waals surface area (Å²) in [6, 6.07) is 5.10. The Hall–Kier alpha value is -1.80. The Balaban J connectivity index is 1.82. The Morgan fingerprint density at radius 3 is 2.57 bits per heavy atom. The smallest absolute Gasteiger partial charge is 0.407 e. The molecule has 2 saturated heterocycles. The summed E-state index contributed by atoms with van der Waals surface area (Å²) < 4.78 is 37.8. The summed E-state index contributed by atoms with van der Waals surface area (Å²) in [7, 11) is -2.18. The van der Waals surface area contributed by atoms with E-state index in [0.717, 1.165) is 5.56 Å². The molecule has 1 aromatic carbocycles. The van der Waals surface area contributed by atoms with Crippen molar-refractivity contribution < 1.29 is 22.7 Å². The van der Waals surface area contributed by atoms with E-state index in [0.29, 0.717) is 38.2 Å². The zero-order valence-corrected chi connectivity index (χ0v) is 14.0. The lowest BCUT2D eigenvalue weighted by Gasteiger charge is -2.36. The fraction of sp³-hybridized carbons (Fsp3) is 0.533. The Morgan fingerprint density at radius 1 is 1.30 bits per heavy atom. The van der Waals surface area contributed by atoms with Crippen LogP contribution in [0.4, 0.5) is 4.79 Å². The van der Waals surface area contributed by atoms with Gasteiger partial charge in [-0.2, -0.15) is 4.31 Å². The van der Waals surface area contributed by atoms with Gasteiger partial charge in [0.15, 0.2) is 0 Å². The number of aryl methyl sites for hydroxylation is 1. The van der Waals surface area contributed by atoms with Crippen LogP contribution in [-0.2, 0) is 14.8 Å². The van der Waals surface area contributed by atoms with Crippen molar-refractivity contribution >= 4 is 16.1 Å². The van der Waals surface area contributed by atoms with Crippen LogP contribution in [0, 0.1) is 6.92 Å². The Labute approximate surface area is 135 Å². The minimum Gasteiger partial charge on any atom is -0.495 e. The van der Waals surface area contributed by atoms with Crippen molar-refractivity contribution in [3.8, 4) is 5.75 Å². The topological polar surface area (TPSA) is 84.9 Å². The van der Waals surface area contributed by atoms with Crippen molar-refractivity contribution in [1.82, 2.24) is 9.62 Å². The number of methoxy groups -OCH3 is 1. The fourth-order valence-corrected chi connectivity index (χ4v) is 4.72. The molecule has 1 aromatic rings. The van der Waals surface area contributed by atoms with Gasteiger partial charge < -0.3 is 14.8 Å². The lowest BCUT2D eigenvalue weighted by Crippen LogP contribution is -2.48. The fourth-order valence-electron chi connectivity index (χ4n) is 3.04. The molecule has 8 heteroatoms. The van der Waals surface area contributed by atoms with E-state index in [4.69, 9.17) is 9.47 Å². The average Bonchev–Trinajstić information content (AvgIpc) is 2.88. The number of hydrogen-bond acceptors (Lipinski definition) is 5. The highest BCUT2D eigenvalue weighted by Gasteiger charge is 2.45. The van der Waals surface area contributed by atoms with Crippen molar-refractivity contribution in [2.24, 2.45) is 0 Å². The molecule has 0 saturated carbocycles. The Kier molecular flexibility index (Phi) is 3.97. The van der Waals surface area contributed by atoms with E-state index in [1.54, 1.807) is 12.1 Å². The standard InChI is InChI=1S/C15H20N2O5S/c1-11-3-4-12(21-2)13(9-11)23(19,20)17-7-5-15(6-8-17)10-16-14(18)22-15/h3-4,9H,5-8,10H2,1-2H3,(H,16,18). The molecule has 126 valence electrons. The lowest BCUT2D eigenvalue weighted by molar-refractivity contribution is 0.0173. The minimum atomic E-state index is -3.64. The monoisotopic (exact) mass is 340 g/mol. The van der Waals surface area contributed by atoms with E-state index < -0.39 is 21.7 Å². The van der Waals surface area contributed by atoms with Gasteiger partial charge >= 0.3 is 6.09 Å². The van der Waals surface area contributed by atoms with Gasteiger partial charge in [-0.1, -0.05) is 6.07 Å². The van der Waals surface area contributed by atoms with Crippen LogP contribution in [0.1, 0.15) is 18.4 Å². The van der Waals surface area contributed by atoms with E-state index in [2.05, 4.69) is 5.32 Å². The number of nitrogens with zero attached hydrogens (tertiary/aromatic N) is 1. The van der Waals surface area contributed by atoms with Crippen LogP contribution in [0.15, 0.2) is 23.1 Å². The van der Waals surface area contributed by atoms with E-state index in [-0.39, 0.29) is 4.90 Å². The van der Waals surface area contributed by atoms with Crippen LogP contribution in [0.3, 0.4) is 0 Å². The number of piperidine rings is 1. The van der Waals surface area contributed by atoms with Crippen LogP contribution >= 0.6 is 0 Å². The Bertz CT molecular complexity index is 723. The maximum absolute atomic E-state index is 12.9. The van der Waals surface area contributed by atoms with Crippen LogP contribution < -0.4 is 10.1 Å². The quantitative estimate of drug-likeness (QED) is 0.895. The number of carbonyl (C=O) groups excluding carboxylic acids is 1. The van der Waals surface area contributed by atoms with Crippen molar-refractivity contribution in [3.63, 3.8) is 0 Å². The van der Waals surface area contributed by atoms with Gasteiger partial charge in [0, 0.05) is 25.9 Å². The molecule has 7 nitrogen and oxygen atoms in total. The highest BCUT2D eigenvalue weighted by molar-refractivity contribution is 7.89. The first-order chi connectivity index (χ1) is 10.9. The molecular weight excluding hydrogens is 320 g/mol. The van der Waals surface area contributed by atoms with E-state index in [9.17, 15) is 13.2 Å². The molecule has 0 atom stereocenters. The van der Waals surface area contributed by atoms with Gasteiger partial charge in [-0.3, -0.25) is 0 Å². The predicted octanol–water partition coefficient (Wildman–Crippen LogP) is 1.27. The second-order valence-corrected chi connectivity index (χ2v) is 7.89. The summed E-state index contributed by atoms with van der Waals surface area (Å²) in [6.45, 7) is 2.91. The first-order valence-corrected chi connectivity index (χ1v) is 8.92. The van der Waals surface area contributed by atoms with Crippen molar-refractivity contribution in [2.45, 2.75) is 30.3 Å². The number of alkyl carbamates (subject to hydrolysis) is 1. The first-order valence-electron chi connectivity index (χ1n) is 7.48. The third-order valence-electron chi connectivity index (χ3n) is 4.43. The maximum atomic E-state index is 12.9. The largest absolute Gasteiger partial charge is 0.495 e. The minimum absolute atomic E-state index is 0.178. The number of amides is 1. The normalized spacial score (nSPS) is 21.0. The highest BCUT2D eigenvalue weighted by atomic mass is 32.2. The number of sulfonamides is 1. The summed E-state index contributed by atoms with van der Waals surface area (Å²) in [5.41, 5.74) is 0.284. The predicted molar refractivity (Wildman–Crippen MR) is 82.9 cm³/mol. The maximum Gasteiger partial charge on any atom is 0.407 e. The molecule has 2 aliphatic rings. The van der Waals surface area contributed by atoms with Gasteiger partial charge in [0.25, 0.3) is 0 Å². The summed E-state index contributed by atoms with van der Waals surface area (Å²) >= 11 is 0. The number of rotatable bonds is 3. The molecule has 0 bridgehead atoms. The number of ether oxygens (including phenoxy) is 2. The van der Waals surface area contributed by atoms with Gasteiger partial charge in [0.1, 0.15) is 16.2 Å². The number of carbonyl (C=O) groups is 1. The van der Waals surface area contributed by atoms with Crippen LogP contribution in [-0.4, -0.2) is 51.2 Å². The molecule has 0 unspecified atom stereocenters. The summed E-state index contributed by atoms with van der Waals surface area (Å²) in [5, 5.41) is 2.64. The molecule has 2 aliphatic heterocycles. The van der Waals surface area contributed by atoms with Crippen LogP contribution in [0.2, 0.25) is 0 Å². The average molecular weight is 340 g/mol. The van der Waals surface area contributed by atoms with Crippen molar-refractivity contribution in [1.29, 1.82) is 0 Å². The first kappa shape index (κ1) is 16.1. The molecule has 3 rings (SSSR count). The van der Waals surface area contributed by atoms with Crippen molar-refractivity contribution in [3.05, 3.63) is 23.8 Å². The molecule has 2 fully saturated rings. The molecule has 0 radical (unpaired) electrons. The van der Waals surface area contributed by atoms with E-state index in [1.807, 2.05) is 13.0 Å². The third-order valence-corrected chi connectivity index (χ3v) is 6.35. The summed E-state index contributed by atoms with van der Waals surface area (Å²) in [4.78, 5) is 11.4. The molecular formula is C15H20N2O5S. The zero-order valence-electron chi connectivity index (χ0n) is 13.2. The molecule has 0 aromatic heterocycles. The van der Waals surface area contributed by atoms with Crippen LogP contribution in [0.25, 0.3) is 0 Å².